The van der Waals surface area contributed by atoms with Crippen molar-refractivity contribution in [1.29, 1.82) is 0 Å². The van der Waals surface area contributed by atoms with E-state index in [4.69, 9.17) is 24.3 Å². The molecule has 8 nitrogen and oxygen atoms in total. The molecule has 0 bridgehead atoms. The van der Waals surface area contributed by atoms with Crippen molar-refractivity contribution in [2.24, 2.45) is 10.1 Å². The molecular formula is C23H25BrN4O4S. The van der Waals surface area contributed by atoms with Gasteiger partial charge in [0, 0.05) is 27.6 Å². The van der Waals surface area contributed by atoms with Crippen LogP contribution in [0, 0.1) is 0 Å². The first-order valence-corrected chi connectivity index (χ1v) is 12.3. The molecule has 1 atom stereocenters. The number of carbonyl (C=O) groups is 1. The average molecular weight is 533 g/mol. The van der Waals surface area contributed by atoms with E-state index in [9.17, 15) is 4.79 Å². The molecule has 0 aromatic heterocycles. The van der Waals surface area contributed by atoms with Crippen LogP contribution in [0.1, 0.15) is 31.5 Å². The number of hydrazone groups is 1. The second kappa shape index (κ2) is 10.0. The quantitative estimate of drug-likeness (QED) is 0.551. The molecule has 10 heteroatoms. The Morgan fingerprint density at radius 3 is 2.48 bits per heavy atom. The molecule has 0 aliphatic carbocycles. The van der Waals surface area contributed by atoms with E-state index in [1.165, 1.54) is 11.8 Å². The predicted molar refractivity (Wildman–Crippen MR) is 132 cm³/mol. The number of halogens is 1. The molecule has 0 saturated heterocycles. The number of fused-ring (bicyclic) bond motifs is 2. The Balaban J connectivity index is 1.95. The first-order chi connectivity index (χ1) is 16.0. The van der Waals surface area contributed by atoms with Crippen molar-refractivity contribution >= 4 is 44.5 Å². The van der Waals surface area contributed by atoms with Gasteiger partial charge < -0.3 is 14.2 Å². The van der Waals surface area contributed by atoms with Crippen molar-refractivity contribution in [2.75, 3.05) is 27.1 Å². The molecule has 174 valence electrons. The normalized spacial score (nSPS) is 16.8. The molecule has 0 spiro atoms. The summed E-state index contributed by atoms with van der Waals surface area (Å²) in [7, 11) is 4.74. The number of rotatable bonds is 7. The van der Waals surface area contributed by atoms with Crippen LogP contribution in [-0.4, -0.2) is 43.2 Å². The van der Waals surface area contributed by atoms with E-state index in [1.807, 2.05) is 18.2 Å². The van der Waals surface area contributed by atoms with E-state index >= 15 is 0 Å². The minimum absolute atomic E-state index is 0.227. The summed E-state index contributed by atoms with van der Waals surface area (Å²) in [6.45, 7) is 2.13. The molecule has 2 aromatic rings. The van der Waals surface area contributed by atoms with E-state index in [1.54, 1.807) is 38.5 Å². The van der Waals surface area contributed by atoms with Crippen LogP contribution in [0.2, 0.25) is 0 Å². The van der Waals surface area contributed by atoms with E-state index in [-0.39, 0.29) is 5.91 Å². The van der Waals surface area contributed by atoms with E-state index in [2.05, 4.69) is 28.2 Å². The third-order valence-electron chi connectivity index (χ3n) is 5.32. The van der Waals surface area contributed by atoms with Gasteiger partial charge in [0.25, 0.3) is 5.91 Å². The molecule has 2 aliphatic heterocycles. The van der Waals surface area contributed by atoms with Crippen molar-refractivity contribution in [2.45, 2.75) is 25.9 Å². The number of unbranched alkanes of at least 4 members (excludes halogenated alkanes) is 1. The number of methoxy groups -OCH3 is 3. The highest BCUT2D eigenvalue weighted by atomic mass is 79.9. The maximum Gasteiger partial charge on any atom is 0.276 e. The van der Waals surface area contributed by atoms with Crippen molar-refractivity contribution < 1.29 is 19.0 Å². The third kappa shape index (κ3) is 4.54. The highest BCUT2D eigenvalue weighted by Crippen LogP contribution is 2.43. The standard InChI is InChI=1S/C23H25BrN4O4S/c1-5-6-9-33-23-26-22(29)20-15-10-13(24)7-8-16(15)25-21(28(20)27-23)19-17(31-3)11-14(30-2)12-18(19)32-4/h7-8,10-12,21H,5-6,9H2,1-4H3,(H,26,27,29)/t21-/m0/s1. The molecule has 2 heterocycles. The maximum atomic E-state index is 13.3. The smallest absolute Gasteiger partial charge is 0.276 e. The van der Waals surface area contributed by atoms with Crippen molar-refractivity contribution in [3.63, 3.8) is 0 Å². The van der Waals surface area contributed by atoms with E-state index < -0.39 is 6.17 Å². The summed E-state index contributed by atoms with van der Waals surface area (Å²) in [5, 5.41) is 11.3. The number of nitrogens with one attached hydrogen (secondary N) is 1. The topological polar surface area (TPSA) is 84.8 Å². The zero-order valence-electron chi connectivity index (χ0n) is 18.8. The Bertz CT molecular complexity index is 1210. The Morgan fingerprint density at radius 2 is 1.85 bits per heavy atom. The van der Waals surface area contributed by atoms with Gasteiger partial charge in [-0.3, -0.25) is 15.1 Å². The van der Waals surface area contributed by atoms with Crippen LogP contribution in [-0.2, 0) is 4.79 Å². The van der Waals surface area contributed by atoms with Gasteiger partial charge in [-0.15, -0.1) is 5.10 Å². The van der Waals surface area contributed by atoms with Crippen molar-refractivity contribution in [3.8, 4) is 17.2 Å². The van der Waals surface area contributed by atoms with Gasteiger partial charge >= 0.3 is 0 Å². The summed E-state index contributed by atoms with van der Waals surface area (Å²) < 4.78 is 17.6. The average Bonchev–Trinajstić information content (AvgIpc) is 2.82. The summed E-state index contributed by atoms with van der Waals surface area (Å²) in [5.41, 5.74) is 1.08. The summed E-state index contributed by atoms with van der Waals surface area (Å²) in [4.78, 5) is 18.3. The van der Waals surface area contributed by atoms with Gasteiger partial charge in [-0.1, -0.05) is 41.0 Å². The number of ether oxygens (including phenoxy) is 3. The lowest BCUT2D eigenvalue weighted by Gasteiger charge is -2.35. The molecular weight excluding hydrogens is 508 g/mol. The number of hydrogen-bond acceptors (Lipinski definition) is 8. The molecule has 0 unspecified atom stereocenters. The number of nitrogens with zero attached hydrogens (tertiary/aromatic N) is 3. The monoisotopic (exact) mass is 532 g/mol. The molecule has 0 saturated carbocycles. The second-order valence-electron chi connectivity index (χ2n) is 7.36. The van der Waals surface area contributed by atoms with Crippen LogP contribution < -0.4 is 30.1 Å². The first kappa shape index (κ1) is 23.4. The number of carbonyl (C=O) groups excluding carboxylic acids is 1. The van der Waals surface area contributed by atoms with Crippen molar-refractivity contribution in [1.82, 2.24) is 10.3 Å². The number of thioether (sulfide) groups is 1. The highest BCUT2D eigenvalue weighted by molar-refractivity contribution is 9.10. The molecule has 4 rings (SSSR count). The SMILES string of the molecule is CCCCSC1=NN2C(=c3cc(Br)ccc3=N[C@@H]2c2c(OC)cc(OC)cc2OC)C(=O)N1. The molecule has 2 aliphatic rings. The fraction of sp³-hybridized carbons (Fsp3) is 0.348. The predicted octanol–water partition coefficient (Wildman–Crippen LogP) is 3.15. The van der Waals surface area contributed by atoms with Crippen LogP contribution in [0.15, 0.2) is 44.9 Å². The summed E-state index contributed by atoms with van der Waals surface area (Å²) in [6.07, 6.45) is 1.42. The third-order valence-corrected chi connectivity index (χ3v) is 6.76. The van der Waals surface area contributed by atoms with Crippen LogP contribution >= 0.6 is 27.7 Å². The Hall–Kier alpha value is -2.72. The largest absolute Gasteiger partial charge is 0.496 e. The second-order valence-corrected chi connectivity index (χ2v) is 9.36. The number of benzene rings is 2. The Labute approximate surface area is 204 Å². The molecule has 2 aromatic carbocycles. The zero-order valence-corrected chi connectivity index (χ0v) is 21.2. The van der Waals surface area contributed by atoms with E-state index in [0.717, 1.165) is 23.1 Å². The minimum Gasteiger partial charge on any atom is -0.496 e. The van der Waals surface area contributed by atoms with Gasteiger partial charge in [0.1, 0.15) is 22.9 Å². The molecule has 0 radical (unpaired) electrons. The number of hydrogen-bond donors (Lipinski definition) is 1. The van der Waals surface area contributed by atoms with Crippen molar-refractivity contribution in [3.05, 3.63) is 50.9 Å². The van der Waals surface area contributed by atoms with Crippen LogP contribution in [0.4, 0.5) is 0 Å². The summed E-state index contributed by atoms with van der Waals surface area (Å²) in [5.74, 6) is 2.28. The van der Waals surface area contributed by atoms with Gasteiger partial charge in [0.2, 0.25) is 0 Å². The first-order valence-electron chi connectivity index (χ1n) is 10.5. The minimum atomic E-state index is -0.669. The lowest BCUT2D eigenvalue weighted by Crippen LogP contribution is -2.50. The van der Waals surface area contributed by atoms with Gasteiger partial charge in [-0.05, 0) is 24.6 Å². The van der Waals surface area contributed by atoms with Gasteiger partial charge in [-0.25, -0.2) is 5.01 Å². The molecule has 33 heavy (non-hydrogen) atoms. The number of amides is 1. The lowest BCUT2D eigenvalue weighted by atomic mass is 10.1. The van der Waals surface area contributed by atoms with Crippen LogP contribution in [0.3, 0.4) is 0 Å². The molecule has 0 fully saturated rings. The molecule has 1 amide bonds. The molecule has 1 N–H and O–H groups in total. The fourth-order valence-corrected chi connectivity index (χ4v) is 5.00. The zero-order chi connectivity index (χ0) is 23.5. The lowest BCUT2D eigenvalue weighted by molar-refractivity contribution is -0.116. The van der Waals surface area contributed by atoms with Gasteiger partial charge in [0.15, 0.2) is 11.3 Å². The number of amidine groups is 1. The van der Waals surface area contributed by atoms with Crippen LogP contribution in [0.5, 0.6) is 17.2 Å². The van der Waals surface area contributed by atoms with Gasteiger partial charge in [-0.2, -0.15) is 0 Å². The Kier molecular flexibility index (Phi) is 7.14. The summed E-state index contributed by atoms with van der Waals surface area (Å²) >= 11 is 5.02. The fourth-order valence-electron chi connectivity index (χ4n) is 3.70. The summed E-state index contributed by atoms with van der Waals surface area (Å²) in [6, 6.07) is 9.20. The van der Waals surface area contributed by atoms with Crippen LogP contribution in [0.25, 0.3) is 5.70 Å². The van der Waals surface area contributed by atoms with E-state index in [0.29, 0.717) is 44.3 Å². The highest BCUT2D eigenvalue weighted by Gasteiger charge is 2.37. The van der Waals surface area contributed by atoms with Gasteiger partial charge in [0.05, 0.1) is 32.3 Å². The Morgan fingerprint density at radius 1 is 1.12 bits per heavy atom. The maximum absolute atomic E-state index is 13.3.